The van der Waals surface area contributed by atoms with Crippen LogP contribution in [0, 0.1) is 17.6 Å². The topological polar surface area (TPSA) is 15.3 Å². The summed E-state index contributed by atoms with van der Waals surface area (Å²) in [5.41, 5.74) is 0.182. The van der Waals surface area contributed by atoms with E-state index in [9.17, 15) is 8.78 Å². The first-order chi connectivity index (χ1) is 10.1. The van der Waals surface area contributed by atoms with Gasteiger partial charge < -0.3 is 5.32 Å². The Labute approximate surface area is 133 Å². The molecule has 5 heteroatoms. The first-order valence-corrected chi connectivity index (χ1v) is 8.52. The molecule has 0 bridgehead atoms. The van der Waals surface area contributed by atoms with Crippen LogP contribution in [0.1, 0.15) is 31.2 Å². The number of nitrogens with one attached hydrogen (secondary N) is 1. The minimum Gasteiger partial charge on any atom is -0.314 e. The van der Waals surface area contributed by atoms with Gasteiger partial charge in [-0.05, 0) is 79.3 Å². The van der Waals surface area contributed by atoms with Crippen LogP contribution in [0.2, 0.25) is 0 Å². The Morgan fingerprint density at radius 1 is 1.19 bits per heavy atom. The van der Waals surface area contributed by atoms with Gasteiger partial charge >= 0.3 is 0 Å². The summed E-state index contributed by atoms with van der Waals surface area (Å²) in [6, 6.07) is 3.41. The average Bonchev–Trinajstić information content (AvgIpc) is 3.03. The van der Waals surface area contributed by atoms with Crippen LogP contribution >= 0.6 is 15.9 Å². The van der Waals surface area contributed by atoms with Crippen LogP contribution < -0.4 is 5.32 Å². The minimum atomic E-state index is -0.463. The molecule has 0 saturated carbocycles. The molecule has 1 atom stereocenters. The van der Waals surface area contributed by atoms with E-state index in [-0.39, 0.29) is 5.56 Å². The van der Waals surface area contributed by atoms with Crippen molar-refractivity contribution < 1.29 is 8.78 Å². The Balaban J connectivity index is 1.59. The second-order valence-corrected chi connectivity index (χ2v) is 6.99. The first kappa shape index (κ1) is 15.4. The van der Waals surface area contributed by atoms with E-state index in [0.29, 0.717) is 17.1 Å². The van der Waals surface area contributed by atoms with E-state index in [1.54, 1.807) is 0 Å². The molecule has 3 rings (SSSR count). The molecule has 1 aromatic carbocycles. The molecule has 116 valence electrons. The predicted molar refractivity (Wildman–Crippen MR) is 83.1 cm³/mol. The molecule has 2 saturated heterocycles. The lowest BCUT2D eigenvalue weighted by atomic mass is 9.88. The van der Waals surface area contributed by atoms with Gasteiger partial charge in [-0.25, -0.2) is 8.78 Å². The van der Waals surface area contributed by atoms with Crippen LogP contribution in [-0.4, -0.2) is 30.6 Å². The molecular weight excluding hydrogens is 338 g/mol. The molecule has 2 aliphatic heterocycles. The lowest BCUT2D eigenvalue weighted by Crippen LogP contribution is -2.40. The molecule has 2 heterocycles. The number of benzene rings is 1. The highest BCUT2D eigenvalue weighted by Crippen LogP contribution is 2.28. The number of piperidine rings is 1. The minimum absolute atomic E-state index is 0.182. The largest absolute Gasteiger partial charge is 0.314 e. The summed E-state index contributed by atoms with van der Waals surface area (Å²) in [6.07, 6.45) is 4.79. The van der Waals surface area contributed by atoms with Gasteiger partial charge in [-0.1, -0.05) is 0 Å². The van der Waals surface area contributed by atoms with Crippen LogP contribution in [0.4, 0.5) is 8.78 Å². The predicted octanol–water partition coefficient (Wildman–Crippen LogP) is 3.69. The second-order valence-electron chi connectivity index (χ2n) is 6.14. The Morgan fingerprint density at radius 3 is 2.62 bits per heavy atom. The number of hydrogen-bond acceptors (Lipinski definition) is 2. The lowest BCUT2D eigenvalue weighted by molar-refractivity contribution is 0.154. The summed E-state index contributed by atoms with van der Waals surface area (Å²) in [5.74, 6) is -0.189. The molecule has 1 N–H and O–H groups in total. The Hall–Kier alpha value is -0.520. The smallest absolute Gasteiger partial charge is 0.144 e. The zero-order chi connectivity index (χ0) is 14.8. The summed E-state index contributed by atoms with van der Waals surface area (Å²) >= 11 is 3.13. The van der Waals surface area contributed by atoms with Crippen LogP contribution in [0.25, 0.3) is 0 Å². The summed E-state index contributed by atoms with van der Waals surface area (Å²) in [4.78, 5) is 2.17. The highest BCUT2D eigenvalue weighted by molar-refractivity contribution is 9.10. The molecule has 2 nitrogen and oxygen atoms in total. The summed E-state index contributed by atoms with van der Waals surface area (Å²) in [7, 11) is 0. The zero-order valence-electron chi connectivity index (χ0n) is 12.0. The fraction of sp³-hybridized carbons (Fsp3) is 0.625. The standard InChI is InChI=1S/C16H21BrF2N2/c17-13-3-4-14(18)12(16(13)19)10-21-8-5-11(6-9-21)15-2-1-7-20-15/h3-4,11,15,20H,1-2,5-10H2. The van der Waals surface area contributed by atoms with Gasteiger partial charge in [0.05, 0.1) is 4.47 Å². The van der Waals surface area contributed by atoms with Gasteiger partial charge in [0.15, 0.2) is 0 Å². The van der Waals surface area contributed by atoms with Gasteiger partial charge in [0, 0.05) is 18.2 Å². The summed E-state index contributed by atoms with van der Waals surface area (Å²) < 4.78 is 28.2. The van der Waals surface area contributed by atoms with Gasteiger partial charge in [0.1, 0.15) is 11.6 Å². The molecule has 1 aromatic rings. The van der Waals surface area contributed by atoms with Gasteiger partial charge in [-0.2, -0.15) is 0 Å². The van der Waals surface area contributed by atoms with Crippen molar-refractivity contribution in [3.8, 4) is 0 Å². The number of nitrogens with zero attached hydrogens (tertiary/aromatic N) is 1. The molecular formula is C16H21BrF2N2. The van der Waals surface area contributed by atoms with E-state index in [2.05, 4.69) is 26.1 Å². The molecule has 1 unspecified atom stereocenters. The van der Waals surface area contributed by atoms with Crippen LogP contribution in [0.15, 0.2) is 16.6 Å². The SMILES string of the molecule is Fc1ccc(Br)c(F)c1CN1CCC(C2CCCN2)CC1. The maximum atomic E-state index is 14.0. The zero-order valence-corrected chi connectivity index (χ0v) is 13.6. The van der Waals surface area contributed by atoms with Crippen molar-refractivity contribution in [2.24, 2.45) is 5.92 Å². The highest BCUT2D eigenvalue weighted by Gasteiger charge is 2.29. The molecule has 21 heavy (non-hydrogen) atoms. The number of halogens is 3. The number of likely N-dealkylation sites (tertiary alicyclic amines) is 1. The third-order valence-corrected chi connectivity index (χ3v) is 5.43. The molecule has 0 radical (unpaired) electrons. The average molecular weight is 359 g/mol. The first-order valence-electron chi connectivity index (χ1n) is 7.73. The van der Waals surface area contributed by atoms with Crippen molar-refractivity contribution in [1.82, 2.24) is 10.2 Å². The maximum absolute atomic E-state index is 14.0. The van der Waals surface area contributed by atoms with E-state index < -0.39 is 11.6 Å². The molecule has 0 aliphatic carbocycles. The van der Waals surface area contributed by atoms with E-state index in [1.807, 2.05) is 0 Å². The molecule has 0 aromatic heterocycles. The van der Waals surface area contributed by atoms with E-state index >= 15 is 0 Å². The van der Waals surface area contributed by atoms with E-state index in [4.69, 9.17) is 0 Å². The fourth-order valence-corrected chi connectivity index (χ4v) is 3.94. The van der Waals surface area contributed by atoms with Crippen molar-refractivity contribution in [1.29, 1.82) is 0 Å². The molecule has 2 fully saturated rings. The Bertz CT molecular complexity index is 495. The van der Waals surface area contributed by atoms with Gasteiger partial charge in [-0.3, -0.25) is 4.90 Å². The number of hydrogen-bond donors (Lipinski definition) is 1. The van der Waals surface area contributed by atoms with Crippen molar-refractivity contribution in [3.05, 3.63) is 33.8 Å². The summed E-state index contributed by atoms with van der Waals surface area (Å²) in [6.45, 7) is 3.35. The van der Waals surface area contributed by atoms with Crippen LogP contribution in [0.3, 0.4) is 0 Å². The van der Waals surface area contributed by atoms with Gasteiger partial charge in [-0.15, -0.1) is 0 Å². The van der Waals surface area contributed by atoms with E-state index in [0.717, 1.165) is 38.4 Å². The Kier molecular flexibility index (Phi) is 4.92. The molecule has 2 aliphatic rings. The van der Waals surface area contributed by atoms with Gasteiger partial charge in [0.25, 0.3) is 0 Å². The van der Waals surface area contributed by atoms with Crippen LogP contribution in [-0.2, 0) is 6.54 Å². The normalized spacial score (nSPS) is 24.6. The highest BCUT2D eigenvalue weighted by atomic mass is 79.9. The summed E-state index contributed by atoms with van der Waals surface area (Å²) in [5, 5.41) is 3.57. The van der Waals surface area contributed by atoms with E-state index in [1.165, 1.54) is 25.0 Å². The quantitative estimate of drug-likeness (QED) is 0.829. The van der Waals surface area contributed by atoms with Crippen LogP contribution in [0.5, 0.6) is 0 Å². The second kappa shape index (κ2) is 6.71. The third-order valence-electron chi connectivity index (χ3n) is 4.82. The molecule has 0 spiro atoms. The fourth-order valence-electron chi connectivity index (χ4n) is 3.56. The Morgan fingerprint density at radius 2 is 1.95 bits per heavy atom. The van der Waals surface area contributed by atoms with Crippen molar-refractivity contribution in [2.75, 3.05) is 19.6 Å². The maximum Gasteiger partial charge on any atom is 0.144 e. The molecule has 0 amide bonds. The lowest BCUT2D eigenvalue weighted by Gasteiger charge is -2.35. The van der Waals surface area contributed by atoms with Crippen molar-refractivity contribution in [2.45, 2.75) is 38.3 Å². The van der Waals surface area contributed by atoms with Crippen molar-refractivity contribution >= 4 is 15.9 Å². The third kappa shape index (κ3) is 3.46. The monoisotopic (exact) mass is 358 g/mol. The van der Waals surface area contributed by atoms with Crippen molar-refractivity contribution in [3.63, 3.8) is 0 Å². The van der Waals surface area contributed by atoms with Gasteiger partial charge in [0.2, 0.25) is 0 Å². The number of rotatable bonds is 3.